The number of hydrogen-bond acceptors (Lipinski definition) is 2. The highest BCUT2D eigenvalue weighted by Gasteiger charge is 2.38. The van der Waals surface area contributed by atoms with Gasteiger partial charge in [-0.3, -0.25) is 10.1 Å². The summed E-state index contributed by atoms with van der Waals surface area (Å²) in [5.41, 5.74) is 2.46. The summed E-state index contributed by atoms with van der Waals surface area (Å²) >= 11 is 0. The molecule has 1 amide bonds. The molecule has 20 heavy (non-hydrogen) atoms. The van der Waals surface area contributed by atoms with Gasteiger partial charge in [-0.2, -0.15) is 0 Å². The van der Waals surface area contributed by atoms with Gasteiger partial charge in [0.05, 0.1) is 6.04 Å². The van der Waals surface area contributed by atoms with E-state index in [2.05, 4.69) is 48.3 Å². The molecule has 3 nitrogen and oxygen atoms in total. The SMILES string of the molecule is CCC1NC(c2ccc(C)cc2)N(CCC2CC2)C1=O. The summed E-state index contributed by atoms with van der Waals surface area (Å²) in [6, 6.07) is 8.52. The van der Waals surface area contributed by atoms with E-state index in [0.29, 0.717) is 0 Å². The quantitative estimate of drug-likeness (QED) is 0.893. The Morgan fingerprint density at radius 3 is 2.55 bits per heavy atom. The van der Waals surface area contributed by atoms with Crippen LogP contribution in [0.5, 0.6) is 0 Å². The lowest BCUT2D eigenvalue weighted by Gasteiger charge is -2.24. The summed E-state index contributed by atoms with van der Waals surface area (Å²) in [5.74, 6) is 1.14. The van der Waals surface area contributed by atoms with E-state index in [9.17, 15) is 4.79 Å². The van der Waals surface area contributed by atoms with E-state index in [0.717, 1.165) is 25.3 Å². The van der Waals surface area contributed by atoms with Crippen LogP contribution in [0.2, 0.25) is 0 Å². The van der Waals surface area contributed by atoms with Gasteiger partial charge in [0.1, 0.15) is 6.17 Å². The molecule has 108 valence electrons. The first-order valence-electron chi connectivity index (χ1n) is 7.82. The number of nitrogens with one attached hydrogen (secondary N) is 1. The van der Waals surface area contributed by atoms with Crippen molar-refractivity contribution >= 4 is 5.91 Å². The molecule has 1 aromatic rings. The van der Waals surface area contributed by atoms with Gasteiger partial charge in [0, 0.05) is 6.54 Å². The van der Waals surface area contributed by atoms with Crippen molar-refractivity contribution in [3.63, 3.8) is 0 Å². The zero-order valence-electron chi connectivity index (χ0n) is 12.4. The summed E-state index contributed by atoms with van der Waals surface area (Å²) in [6.45, 7) is 5.06. The summed E-state index contributed by atoms with van der Waals surface area (Å²) in [4.78, 5) is 14.5. The number of aryl methyl sites for hydroxylation is 1. The van der Waals surface area contributed by atoms with Crippen LogP contribution >= 0.6 is 0 Å². The third kappa shape index (κ3) is 2.73. The van der Waals surface area contributed by atoms with Gasteiger partial charge in [0.2, 0.25) is 5.91 Å². The highest BCUT2D eigenvalue weighted by Crippen LogP contribution is 2.34. The van der Waals surface area contributed by atoms with Gasteiger partial charge in [0.15, 0.2) is 0 Å². The normalized spacial score (nSPS) is 26.3. The Labute approximate surface area is 121 Å². The Hall–Kier alpha value is -1.35. The molecule has 2 aliphatic rings. The summed E-state index contributed by atoms with van der Waals surface area (Å²) in [5, 5.41) is 3.50. The average molecular weight is 272 g/mol. The van der Waals surface area contributed by atoms with Gasteiger partial charge in [0.25, 0.3) is 0 Å². The maximum atomic E-state index is 12.5. The molecule has 1 saturated heterocycles. The minimum Gasteiger partial charge on any atom is -0.322 e. The lowest BCUT2D eigenvalue weighted by molar-refractivity contribution is -0.130. The number of hydrogen-bond donors (Lipinski definition) is 1. The monoisotopic (exact) mass is 272 g/mol. The molecule has 0 spiro atoms. The summed E-state index contributed by atoms with van der Waals surface area (Å²) < 4.78 is 0. The Bertz CT molecular complexity index is 478. The van der Waals surface area contributed by atoms with Crippen LogP contribution in [0.15, 0.2) is 24.3 Å². The predicted octanol–water partition coefficient (Wildman–Crippen LogP) is 3.00. The molecule has 2 atom stereocenters. The number of carbonyl (C=O) groups excluding carboxylic acids is 1. The van der Waals surface area contributed by atoms with Crippen molar-refractivity contribution in [3.05, 3.63) is 35.4 Å². The van der Waals surface area contributed by atoms with Crippen LogP contribution in [-0.2, 0) is 4.79 Å². The molecule has 1 aliphatic carbocycles. The molecule has 1 aliphatic heterocycles. The molecular weight excluding hydrogens is 248 g/mol. The van der Waals surface area contributed by atoms with Crippen molar-refractivity contribution in [2.24, 2.45) is 5.92 Å². The minimum atomic E-state index is -0.0134. The van der Waals surface area contributed by atoms with E-state index < -0.39 is 0 Å². The van der Waals surface area contributed by atoms with Crippen LogP contribution in [0.1, 0.15) is 49.9 Å². The number of amides is 1. The number of nitrogens with zero attached hydrogens (tertiary/aromatic N) is 1. The van der Waals surface area contributed by atoms with Crippen molar-refractivity contribution in [2.45, 2.75) is 51.7 Å². The van der Waals surface area contributed by atoms with Crippen LogP contribution in [0.4, 0.5) is 0 Å². The Balaban J connectivity index is 1.77. The molecule has 0 aromatic heterocycles. The number of carbonyl (C=O) groups is 1. The van der Waals surface area contributed by atoms with Crippen LogP contribution < -0.4 is 5.32 Å². The van der Waals surface area contributed by atoms with Gasteiger partial charge in [-0.1, -0.05) is 49.6 Å². The van der Waals surface area contributed by atoms with Crippen LogP contribution in [-0.4, -0.2) is 23.4 Å². The van der Waals surface area contributed by atoms with Gasteiger partial charge in [-0.15, -0.1) is 0 Å². The van der Waals surface area contributed by atoms with Gasteiger partial charge in [-0.25, -0.2) is 0 Å². The molecular formula is C17H24N2O. The van der Waals surface area contributed by atoms with Crippen molar-refractivity contribution < 1.29 is 4.79 Å². The molecule has 2 fully saturated rings. The maximum Gasteiger partial charge on any atom is 0.241 e. The van der Waals surface area contributed by atoms with Gasteiger partial charge >= 0.3 is 0 Å². The fourth-order valence-corrected chi connectivity index (χ4v) is 2.96. The van der Waals surface area contributed by atoms with Crippen molar-refractivity contribution in [2.75, 3.05) is 6.54 Å². The molecule has 3 heteroatoms. The van der Waals surface area contributed by atoms with Crippen molar-refractivity contribution in [1.82, 2.24) is 10.2 Å². The first kappa shape index (κ1) is 13.6. The topological polar surface area (TPSA) is 32.3 Å². The third-order valence-electron chi connectivity index (χ3n) is 4.53. The van der Waals surface area contributed by atoms with E-state index in [-0.39, 0.29) is 18.1 Å². The predicted molar refractivity (Wildman–Crippen MR) is 80.2 cm³/mol. The zero-order chi connectivity index (χ0) is 14.1. The Morgan fingerprint density at radius 1 is 1.25 bits per heavy atom. The van der Waals surface area contributed by atoms with Crippen molar-refractivity contribution in [1.29, 1.82) is 0 Å². The molecule has 1 N–H and O–H groups in total. The highest BCUT2D eigenvalue weighted by molar-refractivity contribution is 5.84. The number of rotatable bonds is 5. The molecule has 1 aromatic carbocycles. The second-order valence-electron chi connectivity index (χ2n) is 6.20. The highest BCUT2D eigenvalue weighted by atomic mass is 16.2. The summed E-state index contributed by atoms with van der Waals surface area (Å²) in [7, 11) is 0. The van der Waals surface area contributed by atoms with Crippen molar-refractivity contribution in [3.8, 4) is 0 Å². The second-order valence-corrected chi connectivity index (χ2v) is 6.20. The first-order chi connectivity index (χ1) is 9.69. The van der Waals surface area contributed by atoms with Gasteiger partial charge in [-0.05, 0) is 31.2 Å². The first-order valence-corrected chi connectivity index (χ1v) is 7.82. The number of benzene rings is 1. The molecule has 2 unspecified atom stereocenters. The molecule has 3 rings (SSSR count). The van der Waals surface area contributed by atoms with E-state index in [1.807, 2.05) is 0 Å². The largest absolute Gasteiger partial charge is 0.322 e. The molecule has 0 radical (unpaired) electrons. The standard InChI is InChI=1S/C17H24N2O/c1-3-15-17(20)19(11-10-13-6-7-13)16(18-15)14-8-4-12(2)5-9-14/h4-5,8-9,13,15-16,18H,3,6-7,10-11H2,1-2H3. The van der Waals surface area contributed by atoms with Crippen LogP contribution in [0, 0.1) is 12.8 Å². The third-order valence-corrected chi connectivity index (χ3v) is 4.53. The smallest absolute Gasteiger partial charge is 0.241 e. The fraction of sp³-hybridized carbons (Fsp3) is 0.588. The van der Waals surface area contributed by atoms with E-state index >= 15 is 0 Å². The lowest BCUT2D eigenvalue weighted by atomic mass is 10.1. The lowest BCUT2D eigenvalue weighted by Crippen LogP contribution is -2.32. The van der Waals surface area contributed by atoms with E-state index in [1.165, 1.54) is 24.0 Å². The zero-order valence-corrected chi connectivity index (χ0v) is 12.4. The van der Waals surface area contributed by atoms with E-state index in [4.69, 9.17) is 0 Å². The molecule has 0 bridgehead atoms. The minimum absolute atomic E-state index is 0.0134. The van der Waals surface area contributed by atoms with Gasteiger partial charge < -0.3 is 4.90 Å². The summed E-state index contributed by atoms with van der Waals surface area (Å²) in [6.07, 6.45) is 4.78. The maximum absolute atomic E-state index is 12.5. The van der Waals surface area contributed by atoms with Crippen LogP contribution in [0.25, 0.3) is 0 Å². The molecule has 1 heterocycles. The Morgan fingerprint density at radius 2 is 1.95 bits per heavy atom. The Kier molecular flexibility index (Phi) is 3.79. The fourth-order valence-electron chi connectivity index (χ4n) is 2.96. The second kappa shape index (κ2) is 5.57. The van der Waals surface area contributed by atoms with E-state index in [1.54, 1.807) is 0 Å². The van der Waals surface area contributed by atoms with Crippen LogP contribution in [0.3, 0.4) is 0 Å². The average Bonchev–Trinajstić information content (AvgIpc) is 3.22. The molecule has 1 saturated carbocycles.